The zero-order valence-electron chi connectivity index (χ0n) is 9.77. The van der Waals surface area contributed by atoms with Gasteiger partial charge in [0.05, 0.1) is 19.1 Å². The maximum absolute atomic E-state index is 11.1. The lowest BCUT2D eigenvalue weighted by molar-refractivity contribution is -0.141. The maximum Gasteiger partial charge on any atom is 0.307 e. The summed E-state index contributed by atoms with van der Waals surface area (Å²) in [5, 5.41) is 9.81. The van der Waals surface area contributed by atoms with Crippen LogP contribution in [-0.4, -0.2) is 24.5 Å². The molecule has 1 rings (SSSR count). The Balaban J connectivity index is 3.08. The topological polar surface area (TPSA) is 89.6 Å². The van der Waals surface area contributed by atoms with Gasteiger partial charge in [-0.05, 0) is 18.6 Å². The minimum atomic E-state index is -0.693. The van der Waals surface area contributed by atoms with Crippen LogP contribution in [0.4, 0.5) is 0 Å². The van der Waals surface area contributed by atoms with E-state index in [4.69, 9.17) is 5.73 Å². The molecule has 0 aromatic heterocycles. The second kappa shape index (κ2) is 5.45. The van der Waals surface area contributed by atoms with E-state index in [-0.39, 0.29) is 17.7 Å². The summed E-state index contributed by atoms with van der Waals surface area (Å²) in [5.41, 5.74) is 7.12. The van der Waals surface area contributed by atoms with Crippen LogP contribution in [0.25, 0.3) is 0 Å². The molecule has 1 atom stereocenters. The van der Waals surface area contributed by atoms with Gasteiger partial charge in [0, 0.05) is 11.6 Å². The van der Waals surface area contributed by atoms with Gasteiger partial charge >= 0.3 is 5.97 Å². The number of carbonyl (C=O) groups excluding carboxylic acids is 2. The first-order chi connectivity index (χ1) is 7.99. The molecule has 0 unspecified atom stereocenters. The minimum Gasteiger partial charge on any atom is -0.507 e. The summed E-state index contributed by atoms with van der Waals surface area (Å²) in [5.74, 6) is -0.645. The summed E-state index contributed by atoms with van der Waals surface area (Å²) < 4.78 is 4.50. The van der Waals surface area contributed by atoms with Gasteiger partial charge in [-0.1, -0.05) is 6.07 Å². The number of carbonyl (C=O) groups is 2. The van der Waals surface area contributed by atoms with Crippen LogP contribution in [0, 0.1) is 6.92 Å². The van der Waals surface area contributed by atoms with Crippen molar-refractivity contribution < 1.29 is 19.4 Å². The van der Waals surface area contributed by atoms with Gasteiger partial charge in [0.25, 0.3) is 0 Å². The Labute approximate surface area is 99.2 Å². The van der Waals surface area contributed by atoms with Crippen LogP contribution < -0.4 is 5.73 Å². The van der Waals surface area contributed by atoms with Crippen molar-refractivity contribution >= 4 is 12.3 Å². The molecule has 3 N–H and O–H groups in total. The Morgan fingerprint density at radius 2 is 2.24 bits per heavy atom. The van der Waals surface area contributed by atoms with E-state index in [2.05, 4.69) is 4.74 Å². The molecular weight excluding hydrogens is 222 g/mol. The molecule has 5 heteroatoms. The van der Waals surface area contributed by atoms with E-state index in [1.165, 1.54) is 7.11 Å². The van der Waals surface area contributed by atoms with Crippen molar-refractivity contribution in [1.29, 1.82) is 0 Å². The van der Waals surface area contributed by atoms with E-state index in [0.717, 1.165) is 5.56 Å². The van der Waals surface area contributed by atoms with E-state index < -0.39 is 12.0 Å². The smallest absolute Gasteiger partial charge is 0.307 e. The molecule has 0 aliphatic carbocycles. The fraction of sp³-hybridized carbons (Fsp3) is 0.333. The van der Waals surface area contributed by atoms with Crippen LogP contribution in [0.5, 0.6) is 5.75 Å². The largest absolute Gasteiger partial charge is 0.507 e. The molecule has 0 fully saturated rings. The highest BCUT2D eigenvalue weighted by atomic mass is 16.5. The minimum absolute atomic E-state index is 0.0498. The van der Waals surface area contributed by atoms with Crippen molar-refractivity contribution in [1.82, 2.24) is 0 Å². The number of aromatic hydroxyl groups is 1. The Hall–Kier alpha value is -1.88. The van der Waals surface area contributed by atoms with Crippen molar-refractivity contribution in [3.63, 3.8) is 0 Å². The molecule has 1 aromatic rings. The molecule has 0 saturated carbocycles. The van der Waals surface area contributed by atoms with E-state index in [1.807, 2.05) is 0 Å². The third-order valence-electron chi connectivity index (χ3n) is 2.45. The summed E-state index contributed by atoms with van der Waals surface area (Å²) in [7, 11) is 1.27. The third kappa shape index (κ3) is 3.04. The number of nitrogens with two attached hydrogens (primary N) is 1. The van der Waals surface area contributed by atoms with Gasteiger partial charge in [-0.2, -0.15) is 0 Å². The van der Waals surface area contributed by atoms with Crippen LogP contribution in [0.1, 0.15) is 33.9 Å². The van der Waals surface area contributed by atoms with Gasteiger partial charge in [0.2, 0.25) is 0 Å². The lowest BCUT2D eigenvalue weighted by Crippen LogP contribution is -2.17. The highest BCUT2D eigenvalue weighted by Crippen LogP contribution is 2.29. The van der Waals surface area contributed by atoms with Gasteiger partial charge in [-0.15, -0.1) is 0 Å². The summed E-state index contributed by atoms with van der Waals surface area (Å²) in [6, 6.07) is 2.51. The number of ether oxygens (including phenoxy) is 1. The molecule has 0 bridgehead atoms. The zero-order valence-corrected chi connectivity index (χ0v) is 9.77. The average Bonchev–Trinajstić information content (AvgIpc) is 2.31. The summed E-state index contributed by atoms with van der Waals surface area (Å²) in [4.78, 5) is 21.8. The predicted octanol–water partition coefficient (Wildman–Crippen LogP) is 1.08. The highest BCUT2D eigenvalue weighted by Gasteiger charge is 2.18. The maximum atomic E-state index is 11.1. The molecule has 0 radical (unpaired) electrons. The van der Waals surface area contributed by atoms with E-state index in [0.29, 0.717) is 11.8 Å². The Morgan fingerprint density at radius 3 is 2.76 bits per heavy atom. The summed E-state index contributed by atoms with van der Waals surface area (Å²) in [6.45, 7) is 1.78. The fourth-order valence-electron chi connectivity index (χ4n) is 1.58. The number of methoxy groups -OCH3 is 1. The normalized spacial score (nSPS) is 11.9. The molecular formula is C12H15NO4. The van der Waals surface area contributed by atoms with Gasteiger partial charge in [0.15, 0.2) is 6.29 Å². The first-order valence-electron chi connectivity index (χ1n) is 5.10. The van der Waals surface area contributed by atoms with Crippen molar-refractivity contribution in [2.24, 2.45) is 5.73 Å². The number of aldehydes is 1. The van der Waals surface area contributed by atoms with Gasteiger partial charge < -0.3 is 15.6 Å². The molecule has 17 heavy (non-hydrogen) atoms. The summed E-state index contributed by atoms with van der Waals surface area (Å²) >= 11 is 0. The number of hydrogen-bond donors (Lipinski definition) is 2. The van der Waals surface area contributed by atoms with E-state index >= 15 is 0 Å². The number of esters is 1. The number of benzene rings is 1. The molecule has 0 heterocycles. The first-order valence-corrected chi connectivity index (χ1v) is 5.10. The van der Waals surface area contributed by atoms with Crippen LogP contribution in [0.15, 0.2) is 12.1 Å². The SMILES string of the molecule is COC(=O)C[C@H](N)c1cc(C)cc(C=O)c1O. The third-order valence-corrected chi connectivity index (χ3v) is 2.45. The fourth-order valence-corrected chi connectivity index (χ4v) is 1.58. The van der Waals surface area contributed by atoms with Gasteiger partial charge in [-0.3, -0.25) is 9.59 Å². The predicted molar refractivity (Wildman–Crippen MR) is 61.8 cm³/mol. The quantitative estimate of drug-likeness (QED) is 0.604. The molecule has 0 aliphatic rings. The Morgan fingerprint density at radius 1 is 1.59 bits per heavy atom. The van der Waals surface area contributed by atoms with Crippen LogP contribution in [0.3, 0.4) is 0 Å². The molecule has 1 aromatic carbocycles. The van der Waals surface area contributed by atoms with Crippen molar-refractivity contribution in [3.05, 3.63) is 28.8 Å². The van der Waals surface area contributed by atoms with E-state index in [1.54, 1.807) is 19.1 Å². The number of phenols is 1. The molecule has 0 amide bonds. The molecule has 5 nitrogen and oxygen atoms in total. The standard InChI is InChI=1S/C12H15NO4/c1-7-3-8(6-14)12(16)9(4-7)10(13)5-11(15)17-2/h3-4,6,10,16H,5,13H2,1-2H3/t10-/m0/s1. The zero-order chi connectivity index (χ0) is 13.0. The molecule has 0 spiro atoms. The molecule has 92 valence electrons. The lowest BCUT2D eigenvalue weighted by atomic mass is 9.98. The Kier molecular flexibility index (Phi) is 4.23. The number of aryl methyl sites for hydroxylation is 1. The molecule has 0 saturated heterocycles. The van der Waals surface area contributed by atoms with Crippen LogP contribution in [-0.2, 0) is 9.53 Å². The number of hydrogen-bond acceptors (Lipinski definition) is 5. The lowest BCUT2D eigenvalue weighted by Gasteiger charge is -2.14. The second-order valence-corrected chi connectivity index (χ2v) is 3.80. The second-order valence-electron chi connectivity index (χ2n) is 3.80. The number of rotatable bonds is 4. The Bertz CT molecular complexity index is 442. The van der Waals surface area contributed by atoms with Crippen LogP contribution >= 0.6 is 0 Å². The van der Waals surface area contributed by atoms with Gasteiger partial charge in [-0.25, -0.2) is 0 Å². The molecule has 0 aliphatic heterocycles. The van der Waals surface area contributed by atoms with Crippen molar-refractivity contribution in [2.75, 3.05) is 7.11 Å². The monoisotopic (exact) mass is 237 g/mol. The first kappa shape index (κ1) is 13.2. The van der Waals surface area contributed by atoms with Gasteiger partial charge in [0.1, 0.15) is 5.75 Å². The van der Waals surface area contributed by atoms with Crippen molar-refractivity contribution in [3.8, 4) is 5.75 Å². The van der Waals surface area contributed by atoms with Crippen LogP contribution in [0.2, 0.25) is 0 Å². The van der Waals surface area contributed by atoms with Crippen molar-refractivity contribution in [2.45, 2.75) is 19.4 Å². The highest BCUT2D eigenvalue weighted by molar-refractivity contribution is 5.81. The van der Waals surface area contributed by atoms with E-state index in [9.17, 15) is 14.7 Å². The summed E-state index contributed by atoms with van der Waals surface area (Å²) in [6.07, 6.45) is 0.502. The number of phenolic OH excluding ortho intramolecular Hbond substituents is 1. The average molecular weight is 237 g/mol.